The van der Waals surface area contributed by atoms with E-state index in [0.29, 0.717) is 21.3 Å². The van der Waals surface area contributed by atoms with Gasteiger partial charge in [-0.05, 0) is 42.8 Å². The Morgan fingerprint density at radius 3 is 2.61 bits per heavy atom. The summed E-state index contributed by atoms with van der Waals surface area (Å²) in [6, 6.07) is 8.51. The molecule has 0 heterocycles. The number of halogens is 3. The van der Waals surface area contributed by atoms with Gasteiger partial charge in [0.15, 0.2) is 6.61 Å². The molecule has 0 saturated heterocycles. The number of aryl methyl sites for hydroxylation is 1. The largest absolute Gasteiger partial charge is 0.452 e. The smallest absolute Gasteiger partial charge is 0.338 e. The van der Waals surface area contributed by atoms with Gasteiger partial charge in [0.2, 0.25) is 0 Å². The summed E-state index contributed by atoms with van der Waals surface area (Å²) in [5, 5.41) is 3.17. The van der Waals surface area contributed by atoms with Crippen LogP contribution in [0.1, 0.15) is 15.9 Å². The molecule has 0 aliphatic heterocycles. The van der Waals surface area contributed by atoms with Crippen molar-refractivity contribution in [1.82, 2.24) is 0 Å². The van der Waals surface area contributed by atoms with Gasteiger partial charge in [-0.15, -0.1) is 0 Å². The summed E-state index contributed by atoms with van der Waals surface area (Å²) in [5.41, 5.74) is 0.748. The van der Waals surface area contributed by atoms with Gasteiger partial charge >= 0.3 is 5.97 Å². The van der Waals surface area contributed by atoms with Crippen molar-refractivity contribution in [1.29, 1.82) is 0 Å². The minimum Gasteiger partial charge on any atom is -0.452 e. The molecule has 0 saturated carbocycles. The fraction of sp³-hybridized carbons (Fsp3) is 0.125. The Labute approximate surface area is 142 Å². The Bertz CT molecular complexity index is 765. The topological polar surface area (TPSA) is 55.4 Å². The zero-order chi connectivity index (χ0) is 17.0. The lowest BCUT2D eigenvalue weighted by molar-refractivity contribution is -0.119. The van der Waals surface area contributed by atoms with Gasteiger partial charge in [-0.25, -0.2) is 9.18 Å². The number of nitrogens with one attached hydrogen (secondary N) is 1. The summed E-state index contributed by atoms with van der Waals surface area (Å²) in [5.74, 6) is -1.90. The lowest BCUT2D eigenvalue weighted by Crippen LogP contribution is -2.21. The zero-order valence-corrected chi connectivity index (χ0v) is 13.5. The van der Waals surface area contributed by atoms with E-state index in [9.17, 15) is 14.0 Å². The minimum atomic E-state index is -0.795. The molecular formula is C16H12Cl2FNO3. The van der Waals surface area contributed by atoms with Gasteiger partial charge in [-0.3, -0.25) is 4.79 Å². The molecule has 1 amide bonds. The summed E-state index contributed by atoms with van der Waals surface area (Å²) < 4.78 is 18.2. The van der Waals surface area contributed by atoms with Gasteiger partial charge in [0.25, 0.3) is 5.91 Å². The van der Waals surface area contributed by atoms with Gasteiger partial charge in [0, 0.05) is 5.02 Å². The highest BCUT2D eigenvalue weighted by atomic mass is 35.5. The molecule has 2 rings (SSSR count). The van der Waals surface area contributed by atoms with Crippen molar-refractivity contribution in [2.75, 3.05) is 11.9 Å². The Morgan fingerprint density at radius 2 is 1.91 bits per heavy atom. The molecule has 2 aromatic carbocycles. The minimum absolute atomic E-state index is 0.0293. The maximum absolute atomic E-state index is 13.4. The van der Waals surface area contributed by atoms with Gasteiger partial charge in [0.1, 0.15) is 5.82 Å². The number of rotatable bonds is 4. The molecule has 0 spiro atoms. The van der Waals surface area contributed by atoms with Crippen LogP contribution in [-0.2, 0) is 9.53 Å². The summed E-state index contributed by atoms with van der Waals surface area (Å²) in [7, 11) is 0. The van der Waals surface area contributed by atoms with Crippen LogP contribution >= 0.6 is 23.2 Å². The zero-order valence-electron chi connectivity index (χ0n) is 12.0. The molecule has 0 atom stereocenters. The van der Waals surface area contributed by atoms with E-state index in [1.54, 1.807) is 13.0 Å². The van der Waals surface area contributed by atoms with E-state index in [4.69, 9.17) is 27.9 Å². The predicted octanol–water partition coefficient (Wildman–Crippen LogP) is 4.24. The monoisotopic (exact) mass is 355 g/mol. The summed E-state index contributed by atoms with van der Waals surface area (Å²) in [6.07, 6.45) is 0. The van der Waals surface area contributed by atoms with E-state index in [0.717, 1.165) is 6.07 Å². The van der Waals surface area contributed by atoms with Crippen LogP contribution < -0.4 is 5.32 Å². The first-order valence-electron chi connectivity index (χ1n) is 6.55. The van der Waals surface area contributed by atoms with E-state index in [1.165, 1.54) is 24.3 Å². The molecule has 0 unspecified atom stereocenters. The molecule has 4 nitrogen and oxygen atoms in total. The summed E-state index contributed by atoms with van der Waals surface area (Å²) >= 11 is 11.7. The van der Waals surface area contributed by atoms with Crippen molar-refractivity contribution in [3.8, 4) is 0 Å². The second-order valence-corrected chi connectivity index (χ2v) is 5.56. The number of carbonyl (C=O) groups excluding carboxylic acids is 2. The Balaban J connectivity index is 1.94. The number of esters is 1. The van der Waals surface area contributed by atoms with E-state index >= 15 is 0 Å². The number of hydrogen-bond donors (Lipinski definition) is 1. The fourth-order valence-electron chi connectivity index (χ4n) is 1.71. The van der Waals surface area contributed by atoms with E-state index in [2.05, 4.69) is 5.32 Å². The van der Waals surface area contributed by atoms with Gasteiger partial charge < -0.3 is 10.1 Å². The molecule has 0 aromatic heterocycles. The second kappa shape index (κ2) is 7.44. The Hall–Kier alpha value is -2.11. The molecule has 120 valence electrons. The SMILES string of the molecule is Cc1ccc(C(=O)OCC(=O)Nc2cc(Cl)ccc2Cl)cc1F. The van der Waals surface area contributed by atoms with Crippen molar-refractivity contribution < 1.29 is 18.7 Å². The number of benzene rings is 2. The standard InChI is InChI=1S/C16H12Cl2FNO3/c1-9-2-3-10(6-13(9)19)16(22)23-8-15(21)20-14-7-11(17)4-5-12(14)18/h2-7H,8H2,1H3,(H,20,21). The fourth-order valence-corrected chi connectivity index (χ4v) is 2.05. The first-order chi connectivity index (χ1) is 10.9. The maximum atomic E-state index is 13.4. The highest BCUT2D eigenvalue weighted by molar-refractivity contribution is 6.35. The lowest BCUT2D eigenvalue weighted by atomic mass is 10.1. The highest BCUT2D eigenvalue weighted by Gasteiger charge is 2.13. The average molecular weight is 356 g/mol. The quantitative estimate of drug-likeness (QED) is 0.834. The second-order valence-electron chi connectivity index (χ2n) is 4.71. The van der Waals surface area contributed by atoms with Crippen LogP contribution in [-0.4, -0.2) is 18.5 Å². The number of carbonyl (C=O) groups is 2. The molecule has 7 heteroatoms. The van der Waals surface area contributed by atoms with Crippen molar-refractivity contribution in [2.24, 2.45) is 0 Å². The molecule has 0 aliphatic carbocycles. The Morgan fingerprint density at radius 1 is 1.17 bits per heavy atom. The van der Waals surface area contributed by atoms with E-state index < -0.39 is 24.3 Å². The number of hydrogen-bond acceptors (Lipinski definition) is 3. The van der Waals surface area contributed by atoms with Crippen LogP contribution in [0, 0.1) is 12.7 Å². The molecule has 1 N–H and O–H groups in total. The van der Waals surface area contributed by atoms with E-state index in [-0.39, 0.29) is 5.56 Å². The van der Waals surface area contributed by atoms with Crippen LogP contribution in [0.15, 0.2) is 36.4 Å². The maximum Gasteiger partial charge on any atom is 0.338 e. The normalized spacial score (nSPS) is 10.3. The van der Waals surface area contributed by atoms with Crippen LogP contribution in [0.5, 0.6) is 0 Å². The molecular weight excluding hydrogens is 344 g/mol. The Kier molecular flexibility index (Phi) is 5.58. The molecule has 2 aromatic rings. The van der Waals surface area contributed by atoms with Crippen LogP contribution in [0.25, 0.3) is 0 Å². The van der Waals surface area contributed by atoms with Crippen molar-refractivity contribution in [2.45, 2.75) is 6.92 Å². The third-order valence-electron chi connectivity index (χ3n) is 2.94. The van der Waals surface area contributed by atoms with E-state index in [1.807, 2.05) is 0 Å². The summed E-state index contributed by atoms with van der Waals surface area (Å²) in [6.45, 7) is 1.05. The number of ether oxygens (including phenoxy) is 1. The van der Waals surface area contributed by atoms with Crippen molar-refractivity contribution >= 4 is 40.8 Å². The first kappa shape index (κ1) is 17.2. The molecule has 0 aliphatic rings. The van der Waals surface area contributed by atoms with Crippen molar-refractivity contribution in [3.63, 3.8) is 0 Å². The molecule has 0 radical (unpaired) electrons. The highest BCUT2D eigenvalue weighted by Crippen LogP contribution is 2.25. The predicted molar refractivity (Wildman–Crippen MR) is 86.5 cm³/mol. The van der Waals surface area contributed by atoms with Crippen LogP contribution in [0.4, 0.5) is 10.1 Å². The van der Waals surface area contributed by atoms with Gasteiger partial charge in [0.05, 0.1) is 16.3 Å². The third-order valence-corrected chi connectivity index (χ3v) is 3.51. The van der Waals surface area contributed by atoms with Crippen LogP contribution in [0.3, 0.4) is 0 Å². The number of amides is 1. The molecule has 23 heavy (non-hydrogen) atoms. The third kappa shape index (κ3) is 4.68. The molecule has 0 fully saturated rings. The van der Waals surface area contributed by atoms with Gasteiger partial charge in [-0.1, -0.05) is 29.3 Å². The van der Waals surface area contributed by atoms with Crippen molar-refractivity contribution in [3.05, 3.63) is 63.4 Å². The lowest BCUT2D eigenvalue weighted by Gasteiger charge is -2.08. The number of anilines is 1. The van der Waals surface area contributed by atoms with Crippen LogP contribution in [0.2, 0.25) is 10.0 Å². The van der Waals surface area contributed by atoms with Gasteiger partial charge in [-0.2, -0.15) is 0 Å². The molecule has 0 bridgehead atoms. The summed E-state index contributed by atoms with van der Waals surface area (Å²) in [4.78, 5) is 23.5. The first-order valence-corrected chi connectivity index (χ1v) is 7.30. The average Bonchev–Trinajstić information content (AvgIpc) is 2.51.